The van der Waals surface area contributed by atoms with Crippen molar-refractivity contribution in [1.29, 1.82) is 0 Å². The number of hydrogen-bond donors (Lipinski definition) is 1. The number of carbonyl (C=O) groups excluding carboxylic acids is 1. The first-order valence-corrected chi connectivity index (χ1v) is 12.4. The number of aromatic nitrogens is 2. The molecule has 2 heterocycles. The molecule has 4 rings (SSSR count). The molecule has 9 heteroatoms. The van der Waals surface area contributed by atoms with E-state index < -0.39 is 10.0 Å². The molecule has 33 heavy (non-hydrogen) atoms. The van der Waals surface area contributed by atoms with Gasteiger partial charge in [-0.1, -0.05) is 30.3 Å². The molecule has 0 aliphatic carbocycles. The molecule has 3 aromatic rings. The highest BCUT2D eigenvalue weighted by atomic mass is 32.2. The topological polar surface area (TPSA) is 93.5 Å². The van der Waals surface area contributed by atoms with Crippen LogP contribution in [0.3, 0.4) is 0 Å². The molecule has 1 amide bonds. The van der Waals surface area contributed by atoms with Crippen molar-refractivity contribution in [3.63, 3.8) is 0 Å². The van der Waals surface area contributed by atoms with Gasteiger partial charge in [-0.3, -0.25) is 9.48 Å². The van der Waals surface area contributed by atoms with Crippen LogP contribution >= 0.6 is 0 Å². The highest BCUT2D eigenvalue weighted by Crippen LogP contribution is 2.15. The number of ether oxygens (including phenoxy) is 1. The highest BCUT2D eigenvalue weighted by molar-refractivity contribution is 7.89. The van der Waals surface area contributed by atoms with Gasteiger partial charge in [0.25, 0.3) is 5.91 Å². The third kappa shape index (κ3) is 6.07. The Morgan fingerprint density at radius 3 is 2.61 bits per heavy atom. The molecule has 0 bridgehead atoms. The number of hydrogen-bond acceptors (Lipinski definition) is 5. The molecule has 1 aromatic heterocycles. The molecule has 1 fully saturated rings. The van der Waals surface area contributed by atoms with Gasteiger partial charge in [0, 0.05) is 44.1 Å². The lowest BCUT2D eigenvalue weighted by Gasteiger charge is -2.16. The molecular formula is C24H28N4O4S. The quantitative estimate of drug-likeness (QED) is 0.521. The smallest absolute Gasteiger partial charge is 0.253 e. The number of amides is 1. The van der Waals surface area contributed by atoms with Gasteiger partial charge in [0.2, 0.25) is 10.0 Å². The van der Waals surface area contributed by atoms with Crippen LogP contribution < -0.4 is 4.72 Å². The molecule has 0 radical (unpaired) electrons. The lowest BCUT2D eigenvalue weighted by Crippen LogP contribution is -2.32. The van der Waals surface area contributed by atoms with Crippen molar-refractivity contribution in [3.05, 3.63) is 83.7 Å². The van der Waals surface area contributed by atoms with E-state index in [0.717, 1.165) is 24.0 Å². The van der Waals surface area contributed by atoms with Gasteiger partial charge < -0.3 is 9.64 Å². The van der Waals surface area contributed by atoms with Gasteiger partial charge in [-0.25, -0.2) is 13.1 Å². The van der Waals surface area contributed by atoms with Gasteiger partial charge in [0.05, 0.1) is 23.7 Å². The van der Waals surface area contributed by atoms with Gasteiger partial charge >= 0.3 is 0 Å². The second-order valence-corrected chi connectivity index (χ2v) is 9.97. The maximum Gasteiger partial charge on any atom is 0.253 e. The average Bonchev–Trinajstić information content (AvgIpc) is 3.50. The summed E-state index contributed by atoms with van der Waals surface area (Å²) in [6, 6.07) is 16.0. The predicted octanol–water partition coefficient (Wildman–Crippen LogP) is 2.66. The Balaban J connectivity index is 1.34. The average molecular weight is 469 g/mol. The largest absolute Gasteiger partial charge is 0.377 e. The summed E-state index contributed by atoms with van der Waals surface area (Å²) in [5.74, 6) is -0.193. The van der Waals surface area contributed by atoms with Crippen LogP contribution in [-0.2, 0) is 27.8 Å². The SMILES string of the molecule is CN(Cc1cnn(Cc2ccccc2)c1)C(=O)c1ccc(S(=O)(=O)NC[C@@H]2CCCO2)cc1. The van der Waals surface area contributed by atoms with Crippen molar-refractivity contribution in [2.24, 2.45) is 0 Å². The number of rotatable bonds is 9. The summed E-state index contributed by atoms with van der Waals surface area (Å²) in [6.45, 7) is 1.99. The van der Waals surface area contributed by atoms with Gasteiger partial charge in [0.1, 0.15) is 0 Å². The van der Waals surface area contributed by atoms with E-state index >= 15 is 0 Å². The molecule has 1 atom stereocenters. The fraction of sp³-hybridized carbons (Fsp3) is 0.333. The Kier molecular flexibility index (Phi) is 7.22. The summed E-state index contributed by atoms with van der Waals surface area (Å²) < 4.78 is 34.9. The minimum Gasteiger partial charge on any atom is -0.377 e. The molecule has 8 nitrogen and oxygen atoms in total. The van der Waals surface area contributed by atoms with Crippen molar-refractivity contribution < 1.29 is 17.9 Å². The summed E-state index contributed by atoms with van der Waals surface area (Å²) >= 11 is 0. The first-order valence-electron chi connectivity index (χ1n) is 10.9. The Labute approximate surface area is 194 Å². The molecule has 0 spiro atoms. The van der Waals surface area contributed by atoms with Crippen LogP contribution in [0, 0.1) is 0 Å². The van der Waals surface area contributed by atoms with Gasteiger partial charge in [-0.05, 0) is 42.7 Å². The van der Waals surface area contributed by atoms with Gasteiger partial charge in [-0.15, -0.1) is 0 Å². The lowest BCUT2D eigenvalue weighted by molar-refractivity contribution is 0.0785. The predicted molar refractivity (Wildman–Crippen MR) is 124 cm³/mol. The highest BCUT2D eigenvalue weighted by Gasteiger charge is 2.21. The second kappa shape index (κ2) is 10.3. The first kappa shape index (κ1) is 23.2. The maximum atomic E-state index is 12.8. The van der Waals surface area contributed by atoms with Crippen LogP contribution in [0.1, 0.15) is 34.3 Å². The molecule has 1 aliphatic rings. The minimum atomic E-state index is -3.65. The van der Waals surface area contributed by atoms with Crippen LogP contribution in [0.5, 0.6) is 0 Å². The van der Waals surface area contributed by atoms with Crippen LogP contribution in [0.25, 0.3) is 0 Å². The zero-order chi connectivity index (χ0) is 23.3. The molecule has 1 N–H and O–H groups in total. The number of nitrogens with one attached hydrogen (secondary N) is 1. The zero-order valence-corrected chi connectivity index (χ0v) is 19.4. The van der Waals surface area contributed by atoms with E-state index in [1.165, 1.54) is 24.3 Å². The summed E-state index contributed by atoms with van der Waals surface area (Å²) in [6.07, 6.45) is 5.40. The fourth-order valence-corrected chi connectivity index (χ4v) is 4.85. The normalized spacial score (nSPS) is 16.1. The van der Waals surface area contributed by atoms with E-state index in [4.69, 9.17) is 4.74 Å². The third-order valence-corrected chi connectivity index (χ3v) is 7.02. The van der Waals surface area contributed by atoms with Crippen molar-refractivity contribution in [3.8, 4) is 0 Å². The van der Waals surface area contributed by atoms with E-state index in [1.807, 2.05) is 41.2 Å². The number of sulfonamides is 1. The third-order valence-electron chi connectivity index (χ3n) is 5.58. The van der Waals surface area contributed by atoms with Crippen molar-refractivity contribution >= 4 is 15.9 Å². The Morgan fingerprint density at radius 2 is 1.91 bits per heavy atom. The van der Waals surface area contributed by atoms with Crippen LogP contribution in [-0.4, -0.2) is 55.3 Å². The Bertz CT molecular complexity index is 1170. The summed E-state index contributed by atoms with van der Waals surface area (Å²) in [4.78, 5) is 14.5. The number of nitrogens with zero attached hydrogens (tertiary/aromatic N) is 3. The molecular weight excluding hydrogens is 440 g/mol. The van der Waals surface area contributed by atoms with Crippen LogP contribution in [0.4, 0.5) is 0 Å². The number of benzene rings is 2. The Hall–Kier alpha value is -3.01. The summed E-state index contributed by atoms with van der Waals surface area (Å²) in [5, 5.41) is 4.38. The molecule has 0 saturated carbocycles. The van der Waals surface area contributed by atoms with Gasteiger partial charge in [0.15, 0.2) is 0 Å². The number of carbonyl (C=O) groups is 1. The maximum absolute atomic E-state index is 12.8. The molecule has 174 valence electrons. The van der Waals surface area contributed by atoms with E-state index in [0.29, 0.717) is 25.3 Å². The van der Waals surface area contributed by atoms with Gasteiger partial charge in [-0.2, -0.15) is 5.10 Å². The standard InChI is InChI=1S/C24H28N4O4S/c1-27(16-20-14-25-28(18-20)17-19-6-3-2-4-7-19)24(29)21-9-11-23(12-10-21)33(30,31)26-15-22-8-5-13-32-22/h2-4,6-7,9-12,14,18,22,26H,5,8,13,15-17H2,1H3/t22-/m0/s1. The lowest BCUT2D eigenvalue weighted by atomic mass is 10.2. The molecule has 1 saturated heterocycles. The van der Waals surface area contributed by atoms with E-state index in [1.54, 1.807) is 18.1 Å². The van der Waals surface area contributed by atoms with E-state index in [9.17, 15) is 13.2 Å². The van der Waals surface area contributed by atoms with E-state index in [2.05, 4.69) is 9.82 Å². The molecule has 0 unspecified atom stereocenters. The Morgan fingerprint density at radius 1 is 1.15 bits per heavy atom. The monoisotopic (exact) mass is 468 g/mol. The molecule has 2 aromatic carbocycles. The van der Waals surface area contributed by atoms with Crippen molar-refractivity contribution in [1.82, 2.24) is 19.4 Å². The first-order chi connectivity index (χ1) is 15.9. The fourth-order valence-electron chi connectivity index (χ4n) is 3.78. The molecule has 1 aliphatic heterocycles. The zero-order valence-electron chi connectivity index (χ0n) is 18.6. The summed E-state index contributed by atoms with van der Waals surface area (Å²) in [7, 11) is -1.94. The van der Waals surface area contributed by atoms with Crippen molar-refractivity contribution in [2.75, 3.05) is 20.2 Å². The minimum absolute atomic E-state index is 0.0775. The van der Waals surface area contributed by atoms with Crippen molar-refractivity contribution in [2.45, 2.75) is 36.9 Å². The summed E-state index contributed by atoms with van der Waals surface area (Å²) in [5.41, 5.74) is 2.49. The van der Waals surface area contributed by atoms with Crippen LogP contribution in [0.15, 0.2) is 71.9 Å². The van der Waals surface area contributed by atoms with E-state index in [-0.39, 0.29) is 23.5 Å². The van der Waals surface area contributed by atoms with Crippen LogP contribution in [0.2, 0.25) is 0 Å². The second-order valence-electron chi connectivity index (χ2n) is 8.20.